The molecule has 2 heterocycles. The van der Waals surface area contributed by atoms with Crippen LogP contribution in [0.2, 0.25) is 0 Å². The zero-order valence-corrected chi connectivity index (χ0v) is 32.4. The molecule has 0 radical (unpaired) electrons. The van der Waals surface area contributed by atoms with Gasteiger partial charge < -0.3 is 0 Å². The van der Waals surface area contributed by atoms with Gasteiger partial charge in [-0.1, -0.05) is 170 Å². The fourth-order valence-corrected chi connectivity index (χ4v) is 9.61. The molecule has 0 aliphatic rings. The van der Waals surface area contributed by atoms with Gasteiger partial charge in [0, 0.05) is 28.7 Å². The molecule has 0 spiro atoms. The maximum atomic E-state index is 4.86. The lowest BCUT2D eigenvalue weighted by Crippen LogP contribution is -1.90. The number of hydrogen-bond donors (Lipinski definition) is 0. The standard InChI is InChI=1S/C57H36N2/c1-35-8-4-9-38-21-22-40-11-6-16-52(55(40)53(35)38)51-15-5-10-39-23-25-43-32-42(27-28-48(43)54(39)51)47-30-29-46(49-13-2-3-14-50(47)49)37-19-17-36(18-20-37)45-33-44-26-24-41-12-7-31-58-56(41)57(44)59-34-45/h2-34H,1H3. The molecule has 12 aromatic rings. The molecule has 0 saturated carbocycles. The fraction of sp³-hybridized carbons (Fsp3) is 0.0175. The number of nitrogens with zero attached hydrogens (tertiary/aromatic N) is 2. The first kappa shape index (κ1) is 33.5. The Bertz CT molecular complexity index is 3670. The van der Waals surface area contributed by atoms with E-state index >= 15 is 0 Å². The molecule has 2 heteroatoms. The zero-order valence-electron chi connectivity index (χ0n) is 32.4. The van der Waals surface area contributed by atoms with E-state index in [1.165, 1.54) is 92.8 Å². The van der Waals surface area contributed by atoms with E-state index in [2.05, 4.69) is 194 Å². The number of benzene rings is 10. The predicted molar refractivity (Wildman–Crippen MR) is 251 cm³/mol. The summed E-state index contributed by atoms with van der Waals surface area (Å²) in [6.45, 7) is 2.23. The number of aromatic nitrogens is 2. The molecule has 0 atom stereocenters. The molecule has 0 amide bonds. The van der Waals surface area contributed by atoms with Crippen molar-refractivity contribution in [1.82, 2.24) is 9.97 Å². The highest BCUT2D eigenvalue weighted by molar-refractivity contribution is 6.22. The molecule has 0 aliphatic carbocycles. The van der Waals surface area contributed by atoms with Crippen LogP contribution in [0.25, 0.3) is 120 Å². The van der Waals surface area contributed by atoms with Crippen LogP contribution in [0.1, 0.15) is 5.56 Å². The molecule has 0 fully saturated rings. The molecular formula is C57H36N2. The first-order chi connectivity index (χ1) is 29.2. The van der Waals surface area contributed by atoms with Gasteiger partial charge in [0.15, 0.2) is 0 Å². The van der Waals surface area contributed by atoms with Crippen molar-refractivity contribution in [3.05, 3.63) is 206 Å². The highest BCUT2D eigenvalue weighted by Crippen LogP contribution is 2.43. The summed E-state index contributed by atoms with van der Waals surface area (Å²) in [4.78, 5) is 9.46. The maximum Gasteiger partial charge on any atom is 0.0964 e. The normalized spacial score (nSPS) is 11.8. The molecular weight excluding hydrogens is 713 g/mol. The summed E-state index contributed by atoms with van der Waals surface area (Å²) in [7, 11) is 0. The molecule has 2 aromatic heterocycles. The molecule has 59 heavy (non-hydrogen) atoms. The number of pyridine rings is 2. The number of hydrogen-bond acceptors (Lipinski definition) is 2. The van der Waals surface area contributed by atoms with E-state index in [1.807, 2.05) is 18.5 Å². The summed E-state index contributed by atoms with van der Waals surface area (Å²) in [5.41, 5.74) is 12.8. The summed E-state index contributed by atoms with van der Waals surface area (Å²) in [5, 5.41) is 14.9. The van der Waals surface area contributed by atoms with Crippen molar-refractivity contribution in [3.63, 3.8) is 0 Å². The second-order valence-electron chi connectivity index (χ2n) is 15.8. The summed E-state index contributed by atoms with van der Waals surface area (Å²) < 4.78 is 0. The van der Waals surface area contributed by atoms with Crippen molar-refractivity contribution >= 4 is 75.7 Å². The van der Waals surface area contributed by atoms with Crippen LogP contribution in [0.4, 0.5) is 0 Å². The van der Waals surface area contributed by atoms with Gasteiger partial charge >= 0.3 is 0 Å². The Balaban J connectivity index is 0.942. The van der Waals surface area contributed by atoms with E-state index in [0.717, 1.165) is 32.9 Å². The Hall–Kier alpha value is -7.68. The van der Waals surface area contributed by atoms with E-state index in [-0.39, 0.29) is 0 Å². The van der Waals surface area contributed by atoms with Crippen molar-refractivity contribution in [2.45, 2.75) is 6.92 Å². The largest absolute Gasteiger partial charge is 0.254 e. The highest BCUT2D eigenvalue weighted by Gasteiger charge is 2.16. The van der Waals surface area contributed by atoms with Crippen LogP contribution in [0, 0.1) is 6.92 Å². The predicted octanol–water partition coefficient (Wildman–Crippen LogP) is 15.5. The Morgan fingerprint density at radius 2 is 0.864 bits per heavy atom. The van der Waals surface area contributed by atoms with Crippen LogP contribution in [-0.4, -0.2) is 9.97 Å². The molecule has 274 valence electrons. The van der Waals surface area contributed by atoms with Gasteiger partial charge in [-0.25, -0.2) is 0 Å². The van der Waals surface area contributed by atoms with Gasteiger partial charge in [0.05, 0.1) is 11.0 Å². The molecule has 12 rings (SSSR count). The van der Waals surface area contributed by atoms with Crippen molar-refractivity contribution in [3.8, 4) is 44.5 Å². The third-order valence-corrected chi connectivity index (χ3v) is 12.4. The quantitative estimate of drug-likeness (QED) is 0.168. The van der Waals surface area contributed by atoms with E-state index in [0.29, 0.717) is 0 Å². The second kappa shape index (κ2) is 13.2. The lowest BCUT2D eigenvalue weighted by atomic mass is 9.87. The molecule has 10 aromatic carbocycles. The summed E-state index contributed by atoms with van der Waals surface area (Å²) in [6.07, 6.45) is 3.80. The summed E-state index contributed by atoms with van der Waals surface area (Å²) in [5.74, 6) is 0. The van der Waals surface area contributed by atoms with Gasteiger partial charge in [0.2, 0.25) is 0 Å². The van der Waals surface area contributed by atoms with Crippen molar-refractivity contribution in [1.29, 1.82) is 0 Å². The first-order valence-corrected chi connectivity index (χ1v) is 20.3. The van der Waals surface area contributed by atoms with Crippen molar-refractivity contribution in [2.24, 2.45) is 0 Å². The van der Waals surface area contributed by atoms with E-state index in [1.54, 1.807) is 0 Å². The third-order valence-electron chi connectivity index (χ3n) is 12.4. The van der Waals surface area contributed by atoms with Gasteiger partial charge in [0.25, 0.3) is 0 Å². The SMILES string of the molecule is Cc1cccc2ccc3cccc(-c4cccc5ccc6cc(-c7ccc(-c8ccc(-c9cnc%10c(ccc%11cccnc%11%10)c9)cc8)c8ccccc78)ccc6c45)c3c12. The van der Waals surface area contributed by atoms with Crippen LogP contribution < -0.4 is 0 Å². The van der Waals surface area contributed by atoms with Gasteiger partial charge in [-0.2, -0.15) is 0 Å². The van der Waals surface area contributed by atoms with Gasteiger partial charge in [0.1, 0.15) is 0 Å². The van der Waals surface area contributed by atoms with Gasteiger partial charge in [-0.3, -0.25) is 9.97 Å². The van der Waals surface area contributed by atoms with Crippen LogP contribution in [-0.2, 0) is 0 Å². The molecule has 0 aliphatic heterocycles. The van der Waals surface area contributed by atoms with Crippen molar-refractivity contribution in [2.75, 3.05) is 0 Å². The third kappa shape index (κ3) is 5.34. The van der Waals surface area contributed by atoms with E-state index < -0.39 is 0 Å². The Morgan fingerprint density at radius 1 is 0.305 bits per heavy atom. The molecule has 0 saturated heterocycles. The van der Waals surface area contributed by atoms with Gasteiger partial charge in [-0.05, 0) is 123 Å². The molecule has 2 nitrogen and oxygen atoms in total. The van der Waals surface area contributed by atoms with Crippen LogP contribution in [0.15, 0.2) is 200 Å². The lowest BCUT2D eigenvalue weighted by Gasteiger charge is -2.16. The van der Waals surface area contributed by atoms with Gasteiger partial charge in [-0.15, -0.1) is 0 Å². The minimum absolute atomic E-state index is 0.935. The fourth-order valence-electron chi connectivity index (χ4n) is 9.61. The number of fused-ring (bicyclic) bond motifs is 10. The summed E-state index contributed by atoms with van der Waals surface area (Å²) >= 11 is 0. The molecule has 0 bridgehead atoms. The molecule has 0 unspecified atom stereocenters. The first-order valence-electron chi connectivity index (χ1n) is 20.3. The van der Waals surface area contributed by atoms with Crippen LogP contribution in [0.5, 0.6) is 0 Å². The summed E-state index contributed by atoms with van der Waals surface area (Å²) in [6, 6.07) is 69.1. The average molecular weight is 749 g/mol. The Morgan fingerprint density at radius 3 is 1.64 bits per heavy atom. The van der Waals surface area contributed by atoms with E-state index in [9.17, 15) is 0 Å². The Labute approximate surface area is 341 Å². The topological polar surface area (TPSA) is 25.8 Å². The zero-order chi connectivity index (χ0) is 39.0. The highest BCUT2D eigenvalue weighted by atomic mass is 14.7. The lowest BCUT2D eigenvalue weighted by molar-refractivity contribution is 1.37. The van der Waals surface area contributed by atoms with Crippen LogP contribution in [0.3, 0.4) is 0 Å². The number of rotatable bonds is 4. The minimum atomic E-state index is 0.935. The van der Waals surface area contributed by atoms with Crippen molar-refractivity contribution < 1.29 is 0 Å². The average Bonchev–Trinajstić information content (AvgIpc) is 3.30. The second-order valence-corrected chi connectivity index (χ2v) is 15.8. The number of aryl methyl sites for hydroxylation is 1. The smallest absolute Gasteiger partial charge is 0.0964 e. The maximum absolute atomic E-state index is 4.86. The monoisotopic (exact) mass is 748 g/mol. The Kier molecular flexibility index (Phi) is 7.48. The minimum Gasteiger partial charge on any atom is -0.254 e. The molecule has 0 N–H and O–H groups in total. The van der Waals surface area contributed by atoms with Crippen LogP contribution >= 0.6 is 0 Å². The van der Waals surface area contributed by atoms with E-state index in [4.69, 9.17) is 4.98 Å².